The first kappa shape index (κ1) is 18.6. The lowest BCUT2D eigenvalue weighted by Crippen LogP contribution is -2.10. The molecule has 3 aromatic rings. The molecule has 1 atom stereocenters. The summed E-state index contributed by atoms with van der Waals surface area (Å²) >= 11 is 1.62. The van der Waals surface area contributed by atoms with E-state index in [1.807, 2.05) is 53.2 Å². The number of pyridine rings is 1. The highest BCUT2D eigenvalue weighted by Crippen LogP contribution is 2.27. The molecule has 28 heavy (non-hydrogen) atoms. The van der Waals surface area contributed by atoms with E-state index in [9.17, 15) is 10.1 Å². The lowest BCUT2D eigenvalue weighted by atomic mass is 10.2. The molecule has 0 bridgehead atoms. The Morgan fingerprint density at radius 1 is 1.29 bits per heavy atom. The number of carbonyl (C=O) groups is 1. The first-order valence-corrected chi connectivity index (χ1v) is 10.2. The Morgan fingerprint density at radius 2 is 2.14 bits per heavy atom. The lowest BCUT2D eigenvalue weighted by Gasteiger charge is -2.12. The van der Waals surface area contributed by atoms with Crippen LogP contribution in [0.4, 0.5) is 0 Å². The van der Waals surface area contributed by atoms with Crippen LogP contribution in [0.2, 0.25) is 0 Å². The molecule has 0 aliphatic carbocycles. The van der Waals surface area contributed by atoms with E-state index in [2.05, 4.69) is 6.07 Å². The number of carbonyl (C=O) groups excluding carboxylic acids is 1. The fourth-order valence-corrected chi connectivity index (χ4v) is 4.47. The van der Waals surface area contributed by atoms with E-state index in [0.717, 1.165) is 35.6 Å². The number of benzene rings is 1. The number of nitrogens with zero attached hydrogens (tertiary/aromatic N) is 2. The highest BCUT2D eigenvalue weighted by molar-refractivity contribution is 7.99. The monoisotopic (exact) mass is 392 g/mol. The van der Waals surface area contributed by atoms with E-state index in [-0.39, 0.29) is 18.7 Å². The maximum absolute atomic E-state index is 12.7. The molecule has 1 aliphatic heterocycles. The van der Waals surface area contributed by atoms with Crippen LogP contribution >= 0.6 is 11.8 Å². The van der Waals surface area contributed by atoms with E-state index in [1.165, 1.54) is 0 Å². The number of rotatable bonds is 6. The Hall–Kier alpha value is -2.75. The quantitative estimate of drug-likeness (QED) is 0.458. The van der Waals surface area contributed by atoms with Crippen LogP contribution in [0.15, 0.2) is 59.8 Å². The molecule has 1 fully saturated rings. The van der Waals surface area contributed by atoms with Crippen molar-refractivity contribution in [3.05, 3.63) is 71.5 Å². The van der Waals surface area contributed by atoms with Gasteiger partial charge in [0.2, 0.25) is 0 Å². The van der Waals surface area contributed by atoms with Gasteiger partial charge in [0, 0.05) is 35.2 Å². The highest BCUT2D eigenvalue weighted by Gasteiger charge is 2.19. The Morgan fingerprint density at radius 3 is 2.96 bits per heavy atom. The van der Waals surface area contributed by atoms with Crippen molar-refractivity contribution in [2.24, 2.45) is 0 Å². The summed E-state index contributed by atoms with van der Waals surface area (Å²) < 4.78 is 13.1. The predicted molar refractivity (Wildman–Crippen MR) is 107 cm³/mol. The number of nitriles is 1. The van der Waals surface area contributed by atoms with Gasteiger partial charge >= 0.3 is 5.97 Å². The summed E-state index contributed by atoms with van der Waals surface area (Å²) in [6, 6.07) is 15.3. The minimum atomic E-state index is -0.380. The van der Waals surface area contributed by atoms with Crippen LogP contribution in [0.3, 0.4) is 0 Å². The fourth-order valence-electron chi connectivity index (χ4n) is 3.36. The summed E-state index contributed by atoms with van der Waals surface area (Å²) in [5, 5.41) is 9.49. The average molecular weight is 392 g/mol. The first-order chi connectivity index (χ1) is 13.8. The molecule has 3 heterocycles. The van der Waals surface area contributed by atoms with Crippen LogP contribution in [0.5, 0.6) is 0 Å². The molecule has 0 N–H and O–H groups in total. The molecule has 4 rings (SSSR count). The van der Waals surface area contributed by atoms with Gasteiger partial charge in [-0.15, -0.1) is 11.8 Å². The molecule has 5 nitrogen and oxygen atoms in total. The van der Waals surface area contributed by atoms with Gasteiger partial charge in [-0.2, -0.15) is 5.26 Å². The van der Waals surface area contributed by atoms with E-state index >= 15 is 0 Å². The van der Waals surface area contributed by atoms with Gasteiger partial charge in [0.15, 0.2) is 0 Å². The van der Waals surface area contributed by atoms with E-state index in [1.54, 1.807) is 17.8 Å². The molecule has 2 aromatic heterocycles. The van der Waals surface area contributed by atoms with Crippen molar-refractivity contribution in [1.29, 1.82) is 5.26 Å². The van der Waals surface area contributed by atoms with E-state index in [0.29, 0.717) is 16.7 Å². The molecule has 1 aromatic carbocycles. The number of hydrogen-bond donors (Lipinski definition) is 0. The molecule has 1 aliphatic rings. The largest absolute Gasteiger partial charge is 0.457 e. The van der Waals surface area contributed by atoms with Crippen LogP contribution in [0, 0.1) is 11.3 Å². The van der Waals surface area contributed by atoms with E-state index in [4.69, 9.17) is 9.47 Å². The molecule has 0 spiro atoms. The second-order valence-corrected chi connectivity index (χ2v) is 7.71. The van der Waals surface area contributed by atoms with Gasteiger partial charge in [-0.3, -0.25) is 0 Å². The molecule has 0 saturated carbocycles. The number of hydrogen-bond acceptors (Lipinski definition) is 5. The number of fused-ring (bicyclic) bond motifs is 1. The smallest absolute Gasteiger partial charge is 0.339 e. The Bertz CT molecular complexity index is 1030. The molecule has 1 saturated heterocycles. The third kappa shape index (κ3) is 3.91. The molecule has 6 heteroatoms. The molecule has 0 amide bonds. The normalized spacial score (nSPS) is 16.2. The summed E-state index contributed by atoms with van der Waals surface area (Å²) in [7, 11) is 0. The molecular weight excluding hydrogens is 372 g/mol. The maximum Gasteiger partial charge on any atom is 0.339 e. The summed E-state index contributed by atoms with van der Waals surface area (Å²) in [5.74, 6) is 0.447. The van der Waals surface area contributed by atoms with Gasteiger partial charge in [0.05, 0.1) is 22.7 Å². The predicted octanol–water partition coefficient (Wildman–Crippen LogP) is 4.44. The Balaban J connectivity index is 1.46. The van der Waals surface area contributed by atoms with Crippen LogP contribution in [-0.4, -0.2) is 28.8 Å². The zero-order valence-electron chi connectivity index (χ0n) is 15.3. The number of thioether (sulfide) groups is 1. The second-order valence-electron chi connectivity index (χ2n) is 6.65. The molecule has 0 radical (unpaired) electrons. The third-order valence-electron chi connectivity index (χ3n) is 4.79. The van der Waals surface area contributed by atoms with Gasteiger partial charge in [-0.25, -0.2) is 4.79 Å². The van der Waals surface area contributed by atoms with Gasteiger partial charge in [0.1, 0.15) is 12.7 Å². The number of aromatic nitrogens is 1. The lowest BCUT2D eigenvalue weighted by molar-refractivity contribution is 0.0468. The molecule has 142 valence electrons. The van der Waals surface area contributed by atoms with Gasteiger partial charge in [-0.05, 0) is 37.1 Å². The Labute approximate surface area is 167 Å². The van der Waals surface area contributed by atoms with Crippen LogP contribution in [-0.2, 0) is 16.1 Å². The van der Waals surface area contributed by atoms with Crippen LogP contribution < -0.4 is 0 Å². The van der Waals surface area contributed by atoms with Crippen LogP contribution in [0.1, 0.15) is 34.3 Å². The van der Waals surface area contributed by atoms with E-state index < -0.39 is 0 Å². The van der Waals surface area contributed by atoms with Gasteiger partial charge < -0.3 is 13.9 Å². The SMILES string of the molecule is N#Cc1c(COC(=O)c2ccccc2SCC2CCCO2)cn2ccccc12. The summed E-state index contributed by atoms with van der Waals surface area (Å²) in [5.41, 5.74) is 2.59. The topological polar surface area (TPSA) is 63.7 Å². The average Bonchev–Trinajstić information content (AvgIpc) is 3.37. The zero-order valence-corrected chi connectivity index (χ0v) is 16.2. The third-order valence-corrected chi connectivity index (χ3v) is 5.99. The van der Waals surface area contributed by atoms with Crippen molar-refractivity contribution in [2.45, 2.75) is 30.4 Å². The van der Waals surface area contributed by atoms with Gasteiger partial charge in [0.25, 0.3) is 0 Å². The second kappa shape index (κ2) is 8.51. The van der Waals surface area contributed by atoms with Crippen molar-refractivity contribution in [3.8, 4) is 6.07 Å². The van der Waals surface area contributed by atoms with Crippen LogP contribution in [0.25, 0.3) is 5.52 Å². The summed E-state index contributed by atoms with van der Waals surface area (Å²) in [6.07, 6.45) is 6.12. The van der Waals surface area contributed by atoms with Gasteiger partial charge in [-0.1, -0.05) is 18.2 Å². The van der Waals surface area contributed by atoms with Crippen molar-refractivity contribution in [2.75, 3.05) is 12.4 Å². The van der Waals surface area contributed by atoms with Crippen molar-refractivity contribution in [3.63, 3.8) is 0 Å². The maximum atomic E-state index is 12.7. The van der Waals surface area contributed by atoms with Crippen molar-refractivity contribution < 1.29 is 14.3 Å². The van der Waals surface area contributed by atoms with Crippen molar-refractivity contribution >= 4 is 23.2 Å². The number of ether oxygens (including phenoxy) is 2. The number of esters is 1. The van der Waals surface area contributed by atoms with Crippen molar-refractivity contribution in [1.82, 2.24) is 4.40 Å². The minimum absolute atomic E-state index is 0.0636. The fraction of sp³-hybridized carbons (Fsp3) is 0.273. The molecule has 1 unspecified atom stereocenters. The summed E-state index contributed by atoms with van der Waals surface area (Å²) in [4.78, 5) is 13.6. The first-order valence-electron chi connectivity index (χ1n) is 9.25. The summed E-state index contributed by atoms with van der Waals surface area (Å²) in [6.45, 7) is 0.885. The zero-order chi connectivity index (χ0) is 19.3. The standard InChI is InChI=1S/C22H20N2O3S/c23-12-19-16(13-24-10-4-3-8-20(19)24)14-27-22(25)18-7-1-2-9-21(18)28-15-17-6-5-11-26-17/h1-4,7-10,13,17H,5-6,11,14-15H2. The molecular formula is C22H20N2O3S. The highest BCUT2D eigenvalue weighted by atomic mass is 32.2. The minimum Gasteiger partial charge on any atom is -0.457 e. The Kier molecular flexibility index (Phi) is 5.65.